The second-order valence-corrected chi connectivity index (χ2v) is 32.8. The van der Waals surface area contributed by atoms with Crippen LogP contribution in [0.25, 0.3) is 0 Å². The average Bonchev–Trinajstić information content (AvgIpc) is 0.925. The molecule has 0 bridgehead atoms. The molecule has 594 valence electrons. The molecular formula is C81H158O17P2. The van der Waals surface area contributed by atoms with Crippen molar-refractivity contribution in [3.8, 4) is 0 Å². The van der Waals surface area contributed by atoms with E-state index < -0.39 is 97.5 Å². The van der Waals surface area contributed by atoms with Crippen LogP contribution < -0.4 is 0 Å². The van der Waals surface area contributed by atoms with Gasteiger partial charge in [-0.15, -0.1) is 0 Å². The normalized spacial score (nSPS) is 14.2. The lowest BCUT2D eigenvalue weighted by molar-refractivity contribution is -0.161. The van der Waals surface area contributed by atoms with Crippen molar-refractivity contribution < 1.29 is 80.2 Å². The van der Waals surface area contributed by atoms with Crippen LogP contribution in [0.15, 0.2) is 0 Å². The molecule has 0 aliphatic rings. The number of unbranched alkanes of at least 4 members (excludes halogenated alkanes) is 49. The summed E-state index contributed by atoms with van der Waals surface area (Å²) in [7, 11) is -9.92. The summed E-state index contributed by atoms with van der Waals surface area (Å²) in [4.78, 5) is 73.1. The molecule has 3 N–H and O–H groups in total. The van der Waals surface area contributed by atoms with Crippen molar-refractivity contribution >= 4 is 39.5 Å². The first-order valence-electron chi connectivity index (χ1n) is 42.0. The van der Waals surface area contributed by atoms with Gasteiger partial charge in [-0.2, -0.15) is 0 Å². The third-order valence-corrected chi connectivity index (χ3v) is 21.2. The van der Waals surface area contributed by atoms with E-state index in [-0.39, 0.29) is 25.7 Å². The highest BCUT2D eigenvalue weighted by Crippen LogP contribution is 2.45. The molecule has 100 heavy (non-hydrogen) atoms. The average molecular weight is 1470 g/mol. The quantitative estimate of drug-likeness (QED) is 0.0222. The van der Waals surface area contributed by atoms with E-state index in [2.05, 4.69) is 41.5 Å². The number of esters is 4. The molecule has 0 aromatic rings. The van der Waals surface area contributed by atoms with Gasteiger partial charge in [0.1, 0.15) is 19.3 Å². The minimum absolute atomic E-state index is 0.107. The second-order valence-electron chi connectivity index (χ2n) is 29.9. The van der Waals surface area contributed by atoms with Crippen molar-refractivity contribution in [2.24, 2.45) is 11.8 Å². The molecule has 0 aliphatic carbocycles. The number of aliphatic hydroxyl groups is 1. The van der Waals surface area contributed by atoms with Crippen LogP contribution in [0, 0.1) is 11.8 Å². The maximum Gasteiger partial charge on any atom is 0.472 e. The fourth-order valence-corrected chi connectivity index (χ4v) is 14.1. The Morgan fingerprint density at radius 1 is 0.290 bits per heavy atom. The van der Waals surface area contributed by atoms with Crippen LogP contribution >= 0.6 is 15.6 Å². The van der Waals surface area contributed by atoms with Crippen molar-refractivity contribution in [3.05, 3.63) is 0 Å². The molecule has 0 aliphatic heterocycles. The number of carbonyl (C=O) groups excluding carboxylic acids is 4. The summed E-state index contributed by atoms with van der Waals surface area (Å²) in [6.45, 7) is 9.70. The summed E-state index contributed by atoms with van der Waals surface area (Å²) >= 11 is 0. The molecule has 0 heterocycles. The van der Waals surface area contributed by atoms with Gasteiger partial charge >= 0.3 is 39.5 Å². The lowest BCUT2D eigenvalue weighted by Crippen LogP contribution is -2.30. The van der Waals surface area contributed by atoms with Crippen molar-refractivity contribution in [1.29, 1.82) is 0 Å². The third-order valence-electron chi connectivity index (χ3n) is 19.3. The zero-order valence-corrected chi connectivity index (χ0v) is 67.3. The predicted octanol–water partition coefficient (Wildman–Crippen LogP) is 24.3. The number of rotatable bonds is 80. The molecule has 0 aromatic carbocycles. The molecule has 0 saturated carbocycles. The second kappa shape index (κ2) is 72.6. The highest BCUT2D eigenvalue weighted by Gasteiger charge is 2.30. The molecular weight excluding hydrogens is 1310 g/mol. The lowest BCUT2D eigenvalue weighted by atomic mass is 9.99. The molecule has 0 amide bonds. The van der Waals surface area contributed by atoms with Gasteiger partial charge in [-0.05, 0) is 37.5 Å². The molecule has 0 rings (SSSR count). The zero-order valence-electron chi connectivity index (χ0n) is 65.5. The molecule has 17 nitrogen and oxygen atoms in total. The standard InChI is InChI=1S/C81H158O17P2/c1-7-10-12-14-16-18-20-22-23-28-34-40-46-52-58-64-79(84)92-69-76(97-80(85)65-59-53-47-41-35-29-25-24-27-32-38-44-50-56-62-74(6)9-3)71-95-99(87,88)93-67-75(82)68-94-100(89,90)96-72-77(70-91-78(83)63-57-51-45-39-33-26-21-19-17-15-13-11-8-2)98-81(86)66-60-54-48-42-36-30-31-37-43-49-55-61-73(4)5/h73-77,82H,7-72H2,1-6H3,(H,87,88)(H,89,90)/t74?,75-,76-,77-/m1/s1. The minimum Gasteiger partial charge on any atom is -0.462 e. The molecule has 3 unspecified atom stereocenters. The van der Waals surface area contributed by atoms with Crippen molar-refractivity contribution in [3.63, 3.8) is 0 Å². The summed E-state index contributed by atoms with van der Waals surface area (Å²) in [6.07, 6.45) is 62.2. The van der Waals surface area contributed by atoms with Crippen LogP contribution in [0.5, 0.6) is 0 Å². The van der Waals surface area contributed by atoms with Crippen LogP contribution in [0.4, 0.5) is 0 Å². The van der Waals surface area contributed by atoms with Gasteiger partial charge in [-0.1, -0.05) is 375 Å². The predicted molar refractivity (Wildman–Crippen MR) is 409 cm³/mol. The van der Waals surface area contributed by atoms with E-state index in [1.54, 1.807) is 0 Å². The topological polar surface area (TPSA) is 237 Å². The Bertz CT molecular complexity index is 1930. The Hall–Kier alpha value is -1.94. The number of ether oxygens (including phenoxy) is 4. The Morgan fingerprint density at radius 3 is 0.760 bits per heavy atom. The monoisotopic (exact) mass is 1470 g/mol. The molecule has 19 heteroatoms. The minimum atomic E-state index is -4.96. The summed E-state index contributed by atoms with van der Waals surface area (Å²) in [5.74, 6) is -0.494. The number of phosphoric acid groups is 2. The van der Waals surface area contributed by atoms with Gasteiger partial charge in [-0.25, -0.2) is 9.13 Å². The van der Waals surface area contributed by atoms with Gasteiger partial charge in [0.05, 0.1) is 26.4 Å². The first kappa shape index (κ1) is 98.1. The number of phosphoric ester groups is 2. The van der Waals surface area contributed by atoms with E-state index in [1.807, 2.05) is 0 Å². The number of hydrogen-bond acceptors (Lipinski definition) is 15. The third kappa shape index (κ3) is 73.0. The highest BCUT2D eigenvalue weighted by molar-refractivity contribution is 7.47. The first-order chi connectivity index (χ1) is 48.4. The SMILES string of the molecule is CCCCCCCCCCCCCCCCCC(=O)OC[C@H](COP(=O)(O)OC[C@@H](O)COP(=O)(O)OC[C@@H](COC(=O)CCCCCCCCCCCCCCC)OC(=O)CCCCCCCCCCCCCC(C)C)OC(=O)CCCCCCCCCCCCCCCCC(C)CC. The maximum absolute atomic E-state index is 13.1. The Kier molecular flexibility index (Phi) is 71.2. The van der Waals surface area contributed by atoms with Crippen LogP contribution in [0.2, 0.25) is 0 Å². The van der Waals surface area contributed by atoms with Gasteiger partial charge in [0.2, 0.25) is 0 Å². The number of aliphatic hydroxyl groups excluding tert-OH is 1. The van der Waals surface area contributed by atoms with Gasteiger partial charge in [0.15, 0.2) is 12.2 Å². The molecule has 0 aromatic heterocycles. The van der Waals surface area contributed by atoms with Crippen molar-refractivity contribution in [2.75, 3.05) is 39.6 Å². The van der Waals surface area contributed by atoms with Gasteiger partial charge in [-0.3, -0.25) is 37.3 Å². The van der Waals surface area contributed by atoms with E-state index in [0.29, 0.717) is 25.7 Å². The Balaban J connectivity index is 5.27. The van der Waals surface area contributed by atoms with Gasteiger partial charge in [0.25, 0.3) is 0 Å². The van der Waals surface area contributed by atoms with E-state index in [9.17, 15) is 43.2 Å². The lowest BCUT2D eigenvalue weighted by Gasteiger charge is -2.21. The summed E-state index contributed by atoms with van der Waals surface area (Å²) in [6, 6.07) is 0. The highest BCUT2D eigenvalue weighted by atomic mass is 31.2. The number of carbonyl (C=O) groups is 4. The molecule has 0 fully saturated rings. The smallest absolute Gasteiger partial charge is 0.462 e. The fourth-order valence-electron chi connectivity index (χ4n) is 12.5. The first-order valence-corrected chi connectivity index (χ1v) is 45.0. The maximum atomic E-state index is 13.1. The van der Waals surface area contributed by atoms with Crippen molar-refractivity contribution in [2.45, 2.75) is 445 Å². The van der Waals surface area contributed by atoms with Gasteiger partial charge in [0, 0.05) is 25.7 Å². The molecule has 0 saturated heterocycles. The summed E-state index contributed by atoms with van der Waals surface area (Å²) < 4.78 is 68.8. The summed E-state index contributed by atoms with van der Waals surface area (Å²) in [5.41, 5.74) is 0. The van der Waals surface area contributed by atoms with E-state index in [4.69, 9.17) is 37.0 Å². The summed E-state index contributed by atoms with van der Waals surface area (Å²) in [5, 5.41) is 10.6. The van der Waals surface area contributed by atoms with E-state index in [1.165, 1.54) is 244 Å². The largest absolute Gasteiger partial charge is 0.472 e. The Labute approximate surface area is 613 Å². The van der Waals surface area contributed by atoms with Crippen LogP contribution in [-0.4, -0.2) is 96.7 Å². The fraction of sp³-hybridized carbons (Fsp3) is 0.951. The molecule has 0 radical (unpaired) electrons. The molecule has 6 atom stereocenters. The molecule has 0 spiro atoms. The van der Waals surface area contributed by atoms with Crippen LogP contribution in [0.1, 0.15) is 427 Å². The zero-order chi connectivity index (χ0) is 73.5. The van der Waals surface area contributed by atoms with Crippen LogP contribution in [-0.2, 0) is 65.4 Å². The van der Waals surface area contributed by atoms with Crippen LogP contribution in [0.3, 0.4) is 0 Å². The van der Waals surface area contributed by atoms with E-state index in [0.717, 1.165) is 102 Å². The Morgan fingerprint density at radius 2 is 0.510 bits per heavy atom. The van der Waals surface area contributed by atoms with E-state index >= 15 is 0 Å². The van der Waals surface area contributed by atoms with Gasteiger partial charge < -0.3 is 33.8 Å². The number of hydrogen-bond donors (Lipinski definition) is 3. The van der Waals surface area contributed by atoms with Crippen molar-refractivity contribution in [1.82, 2.24) is 0 Å².